The minimum Gasteiger partial charge on any atom is -0.454 e. The molecule has 0 radical (unpaired) electrons. The summed E-state index contributed by atoms with van der Waals surface area (Å²) >= 11 is 0. The highest BCUT2D eigenvalue weighted by molar-refractivity contribution is 6.01. The number of nitrogens with one attached hydrogen (secondary N) is 1. The van der Waals surface area contributed by atoms with Crippen LogP contribution in [0.2, 0.25) is 0 Å². The van der Waals surface area contributed by atoms with Crippen LogP contribution in [0.25, 0.3) is 0 Å². The summed E-state index contributed by atoms with van der Waals surface area (Å²) in [6.07, 6.45) is 1.75. The lowest BCUT2D eigenvalue weighted by atomic mass is 10.1. The Bertz CT molecular complexity index is 953. The maximum absolute atomic E-state index is 13.4. The number of hydrogen-bond donors (Lipinski definition) is 1. The Balaban J connectivity index is 1.54. The van der Waals surface area contributed by atoms with Crippen LogP contribution in [0.4, 0.5) is 5.69 Å². The molecule has 7 nitrogen and oxygen atoms in total. The van der Waals surface area contributed by atoms with Crippen LogP contribution in [0.1, 0.15) is 34.3 Å². The van der Waals surface area contributed by atoms with Gasteiger partial charge in [-0.1, -0.05) is 18.2 Å². The molecule has 1 saturated heterocycles. The molecule has 0 aromatic heterocycles. The predicted octanol–water partition coefficient (Wildman–Crippen LogP) is 3.29. The van der Waals surface area contributed by atoms with Crippen molar-refractivity contribution in [1.82, 2.24) is 4.90 Å². The monoisotopic (exact) mass is 410 g/mol. The maximum Gasteiger partial charge on any atom is 0.258 e. The van der Waals surface area contributed by atoms with Gasteiger partial charge in [-0.15, -0.1) is 0 Å². The number of fused-ring (bicyclic) bond motifs is 1. The van der Waals surface area contributed by atoms with E-state index in [1.54, 1.807) is 18.2 Å². The summed E-state index contributed by atoms with van der Waals surface area (Å²) in [5.41, 5.74) is 3.25. The molecule has 2 aromatic rings. The lowest BCUT2D eigenvalue weighted by molar-refractivity contribution is -0.117. The quantitative estimate of drug-likeness (QED) is 0.791. The van der Waals surface area contributed by atoms with Crippen molar-refractivity contribution < 1.29 is 23.8 Å². The summed E-state index contributed by atoms with van der Waals surface area (Å²) in [4.78, 5) is 27.7. The standard InChI is InChI=1S/C23H26N2O5/c1-15-6-3-9-19(16(15)2)24-21(26)13-25(12-17-7-5-11-28-17)23(27)18-8-4-10-20-22(18)30-14-29-20/h3-4,6,8-10,17H,5,7,11-14H2,1-2H3,(H,24,26). The second-order valence-corrected chi connectivity index (χ2v) is 7.66. The Kier molecular flexibility index (Phi) is 5.90. The number of benzene rings is 2. The third-order valence-corrected chi connectivity index (χ3v) is 5.58. The van der Waals surface area contributed by atoms with Crippen LogP contribution in [0.15, 0.2) is 36.4 Å². The van der Waals surface area contributed by atoms with Gasteiger partial charge in [0.15, 0.2) is 11.5 Å². The Morgan fingerprint density at radius 1 is 1.13 bits per heavy atom. The number of aryl methyl sites for hydroxylation is 1. The molecule has 1 fully saturated rings. The third kappa shape index (κ3) is 4.26. The van der Waals surface area contributed by atoms with Crippen LogP contribution in [-0.2, 0) is 9.53 Å². The van der Waals surface area contributed by atoms with Crippen LogP contribution >= 0.6 is 0 Å². The molecule has 0 bridgehead atoms. The number of rotatable bonds is 6. The van der Waals surface area contributed by atoms with Crippen LogP contribution in [0.5, 0.6) is 11.5 Å². The molecule has 1 N–H and O–H groups in total. The number of carbonyl (C=O) groups excluding carboxylic acids is 2. The predicted molar refractivity (Wildman–Crippen MR) is 112 cm³/mol. The molecule has 7 heteroatoms. The number of hydrogen-bond acceptors (Lipinski definition) is 5. The summed E-state index contributed by atoms with van der Waals surface area (Å²) in [6, 6.07) is 11.0. The smallest absolute Gasteiger partial charge is 0.258 e. The number of anilines is 1. The fourth-order valence-electron chi connectivity index (χ4n) is 3.77. The van der Waals surface area contributed by atoms with E-state index in [4.69, 9.17) is 14.2 Å². The molecule has 2 aromatic carbocycles. The molecule has 2 aliphatic rings. The Hall–Kier alpha value is -3.06. The highest BCUT2D eigenvalue weighted by atomic mass is 16.7. The summed E-state index contributed by atoms with van der Waals surface area (Å²) in [6.45, 7) is 5.00. The van der Waals surface area contributed by atoms with Gasteiger partial charge in [0.25, 0.3) is 5.91 Å². The van der Waals surface area contributed by atoms with Gasteiger partial charge >= 0.3 is 0 Å². The van der Waals surface area contributed by atoms with E-state index in [0.29, 0.717) is 30.2 Å². The van der Waals surface area contributed by atoms with Gasteiger partial charge in [-0.3, -0.25) is 9.59 Å². The minimum absolute atomic E-state index is 0.0728. The second kappa shape index (κ2) is 8.75. The zero-order valence-corrected chi connectivity index (χ0v) is 17.3. The number of ether oxygens (including phenoxy) is 3. The lowest BCUT2D eigenvalue weighted by Gasteiger charge is -2.25. The number of para-hydroxylation sites is 1. The van der Waals surface area contributed by atoms with E-state index in [0.717, 1.165) is 29.7 Å². The van der Waals surface area contributed by atoms with Crippen molar-refractivity contribution in [3.8, 4) is 11.5 Å². The van der Waals surface area contributed by atoms with Crippen molar-refractivity contribution in [3.63, 3.8) is 0 Å². The third-order valence-electron chi connectivity index (χ3n) is 5.58. The van der Waals surface area contributed by atoms with Crippen molar-refractivity contribution in [2.24, 2.45) is 0 Å². The van der Waals surface area contributed by atoms with E-state index in [1.807, 2.05) is 32.0 Å². The van der Waals surface area contributed by atoms with E-state index in [2.05, 4.69) is 5.32 Å². The maximum atomic E-state index is 13.4. The molecule has 2 amide bonds. The molecule has 1 unspecified atom stereocenters. The Labute approximate surface area is 175 Å². The molecule has 0 aliphatic carbocycles. The van der Waals surface area contributed by atoms with Gasteiger partial charge in [0.05, 0.1) is 11.7 Å². The topological polar surface area (TPSA) is 77.1 Å². The first kappa shape index (κ1) is 20.2. The number of nitrogens with zero attached hydrogens (tertiary/aromatic N) is 1. The van der Waals surface area contributed by atoms with Crippen LogP contribution in [0.3, 0.4) is 0 Å². The first-order valence-electron chi connectivity index (χ1n) is 10.2. The zero-order valence-electron chi connectivity index (χ0n) is 17.3. The first-order valence-corrected chi connectivity index (χ1v) is 10.2. The van der Waals surface area contributed by atoms with Gasteiger partial charge < -0.3 is 24.4 Å². The normalized spacial score (nSPS) is 17.1. The van der Waals surface area contributed by atoms with Crippen molar-refractivity contribution in [2.45, 2.75) is 32.8 Å². The summed E-state index contributed by atoms with van der Waals surface area (Å²) in [7, 11) is 0. The molecule has 2 aliphatic heterocycles. The Morgan fingerprint density at radius 3 is 2.77 bits per heavy atom. The number of amides is 2. The summed E-state index contributed by atoms with van der Waals surface area (Å²) < 4.78 is 16.6. The first-order chi connectivity index (χ1) is 14.5. The largest absolute Gasteiger partial charge is 0.454 e. The van der Waals surface area contributed by atoms with Gasteiger partial charge in [-0.05, 0) is 56.0 Å². The van der Waals surface area contributed by atoms with E-state index in [9.17, 15) is 9.59 Å². The van der Waals surface area contributed by atoms with E-state index in [-0.39, 0.29) is 31.3 Å². The molecule has 4 rings (SSSR count). The van der Waals surface area contributed by atoms with Gasteiger partial charge in [0.2, 0.25) is 12.7 Å². The molecule has 30 heavy (non-hydrogen) atoms. The van der Waals surface area contributed by atoms with Crippen LogP contribution in [-0.4, -0.2) is 49.3 Å². The van der Waals surface area contributed by atoms with Crippen LogP contribution < -0.4 is 14.8 Å². The van der Waals surface area contributed by atoms with E-state index < -0.39 is 0 Å². The SMILES string of the molecule is Cc1cccc(NC(=O)CN(CC2CCCO2)C(=O)c2cccc3c2OCO3)c1C. The minimum atomic E-state index is -0.274. The zero-order chi connectivity index (χ0) is 21.1. The molecule has 0 saturated carbocycles. The van der Waals surface area contributed by atoms with Crippen molar-refractivity contribution in [1.29, 1.82) is 0 Å². The fourth-order valence-corrected chi connectivity index (χ4v) is 3.77. The van der Waals surface area contributed by atoms with Gasteiger partial charge in [-0.25, -0.2) is 0 Å². The van der Waals surface area contributed by atoms with Gasteiger partial charge in [-0.2, -0.15) is 0 Å². The average molecular weight is 410 g/mol. The second-order valence-electron chi connectivity index (χ2n) is 7.66. The van der Waals surface area contributed by atoms with Crippen LogP contribution in [0, 0.1) is 13.8 Å². The van der Waals surface area contributed by atoms with Crippen molar-refractivity contribution in [3.05, 3.63) is 53.1 Å². The van der Waals surface area contributed by atoms with Crippen molar-refractivity contribution >= 4 is 17.5 Å². The molecular formula is C23H26N2O5. The highest BCUT2D eigenvalue weighted by Gasteiger charge is 2.29. The number of carbonyl (C=O) groups is 2. The fraction of sp³-hybridized carbons (Fsp3) is 0.391. The highest BCUT2D eigenvalue weighted by Crippen LogP contribution is 2.36. The van der Waals surface area contributed by atoms with E-state index in [1.165, 1.54) is 4.90 Å². The van der Waals surface area contributed by atoms with Gasteiger partial charge in [0, 0.05) is 18.8 Å². The summed E-state index contributed by atoms with van der Waals surface area (Å²) in [5, 5.41) is 2.94. The molecule has 2 heterocycles. The van der Waals surface area contributed by atoms with E-state index >= 15 is 0 Å². The summed E-state index contributed by atoms with van der Waals surface area (Å²) in [5.74, 6) is 0.441. The average Bonchev–Trinajstić information content (AvgIpc) is 3.42. The molecular weight excluding hydrogens is 384 g/mol. The lowest BCUT2D eigenvalue weighted by Crippen LogP contribution is -2.42. The molecule has 158 valence electrons. The Morgan fingerprint density at radius 2 is 1.97 bits per heavy atom. The van der Waals surface area contributed by atoms with Crippen molar-refractivity contribution in [2.75, 3.05) is 31.8 Å². The molecule has 0 spiro atoms. The van der Waals surface area contributed by atoms with Gasteiger partial charge in [0.1, 0.15) is 6.54 Å². The molecule has 1 atom stereocenters.